The summed E-state index contributed by atoms with van der Waals surface area (Å²) < 4.78 is 0. The van der Waals surface area contributed by atoms with E-state index in [0.29, 0.717) is 16.3 Å². The van der Waals surface area contributed by atoms with Gasteiger partial charge in [-0.1, -0.05) is 30.7 Å². The second-order valence-electron chi connectivity index (χ2n) is 9.21. The molecule has 1 fully saturated rings. The molecular formula is C25H26ClN3O3. The van der Waals surface area contributed by atoms with Gasteiger partial charge in [-0.2, -0.15) is 0 Å². The minimum absolute atomic E-state index is 0.0103. The highest BCUT2D eigenvalue weighted by molar-refractivity contribution is 6.40. The van der Waals surface area contributed by atoms with E-state index < -0.39 is 17.8 Å². The second-order valence-corrected chi connectivity index (χ2v) is 9.61. The van der Waals surface area contributed by atoms with Crippen molar-refractivity contribution in [2.24, 2.45) is 0 Å². The van der Waals surface area contributed by atoms with Crippen molar-refractivity contribution in [1.29, 1.82) is 0 Å². The number of carbonyl (C=O) groups excluding carboxylic acids is 3. The summed E-state index contributed by atoms with van der Waals surface area (Å²) in [6.07, 6.45) is 2.44. The highest BCUT2D eigenvalue weighted by Crippen LogP contribution is 2.44. The molecule has 2 aromatic carbocycles. The minimum atomic E-state index is -0.767. The van der Waals surface area contributed by atoms with E-state index in [1.54, 1.807) is 18.2 Å². The fourth-order valence-corrected chi connectivity index (χ4v) is 4.74. The Kier molecular flexibility index (Phi) is 5.37. The number of benzene rings is 2. The predicted octanol–water partition coefficient (Wildman–Crippen LogP) is 5.04. The Morgan fingerprint density at radius 3 is 2.56 bits per heavy atom. The predicted molar refractivity (Wildman–Crippen MR) is 127 cm³/mol. The van der Waals surface area contributed by atoms with Gasteiger partial charge in [0, 0.05) is 23.3 Å². The topological polar surface area (TPSA) is 69.7 Å². The van der Waals surface area contributed by atoms with Gasteiger partial charge in [-0.15, -0.1) is 0 Å². The van der Waals surface area contributed by atoms with Crippen molar-refractivity contribution in [1.82, 2.24) is 5.32 Å². The fourth-order valence-electron chi connectivity index (χ4n) is 4.53. The molecule has 166 valence electrons. The van der Waals surface area contributed by atoms with Crippen molar-refractivity contribution >= 4 is 46.9 Å². The molecule has 2 aliphatic heterocycles. The summed E-state index contributed by atoms with van der Waals surface area (Å²) >= 11 is 6.59. The van der Waals surface area contributed by atoms with Crippen molar-refractivity contribution in [2.45, 2.75) is 45.6 Å². The van der Waals surface area contributed by atoms with Crippen molar-refractivity contribution in [3.05, 3.63) is 63.7 Å². The van der Waals surface area contributed by atoms with Crippen LogP contribution in [0.15, 0.2) is 42.0 Å². The van der Waals surface area contributed by atoms with Crippen LogP contribution >= 0.6 is 11.6 Å². The van der Waals surface area contributed by atoms with Gasteiger partial charge < -0.3 is 4.90 Å². The van der Waals surface area contributed by atoms with Gasteiger partial charge in [0.25, 0.3) is 11.8 Å². The van der Waals surface area contributed by atoms with Crippen LogP contribution in [0.5, 0.6) is 0 Å². The third-order valence-corrected chi connectivity index (χ3v) is 6.74. The van der Waals surface area contributed by atoms with Crippen LogP contribution in [0.1, 0.15) is 49.8 Å². The standard InChI is InChI=1S/C25H26ClN3O3/c1-14-7-6-8-17(9-14)29-23(31)19(22(30)27-24(29)32)11-16-10-18-15(2)13-25(3,4)28(5)21(18)12-20(16)26/h6-12,15H,13H2,1-5H3,(H,27,30,32)/b19-11+. The van der Waals surface area contributed by atoms with E-state index in [4.69, 9.17) is 11.6 Å². The van der Waals surface area contributed by atoms with E-state index in [2.05, 4.69) is 31.0 Å². The van der Waals surface area contributed by atoms with Crippen LogP contribution in [0.4, 0.5) is 16.2 Å². The van der Waals surface area contributed by atoms with E-state index in [-0.39, 0.29) is 17.0 Å². The molecule has 2 aromatic rings. The first-order valence-corrected chi connectivity index (χ1v) is 10.9. The summed E-state index contributed by atoms with van der Waals surface area (Å²) in [5.41, 5.74) is 3.87. The molecule has 1 unspecified atom stereocenters. The summed E-state index contributed by atoms with van der Waals surface area (Å²) in [6.45, 7) is 8.41. The smallest absolute Gasteiger partial charge is 0.335 e. The molecule has 0 aliphatic carbocycles. The van der Waals surface area contributed by atoms with Crippen LogP contribution in [-0.2, 0) is 9.59 Å². The number of aryl methyl sites for hydroxylation is 1. The molecule has 0 radical (unpaired) electrons. The van der Waals surface area contributed by atoms with Crippen molar-refractivity contribution in [3.8, 4) is 0 Å². The number of amides is 4. The van der Waals surface area contributed by atoms with Crippen LogP contribution in [-0.4, -0.2) is 30.4 Å². The molecule has 4 rings (SSSR count). The lowest BCUT2D eigenvalue weighted by Gasteiger charge is -2.45. The molecule has 0 spiro atoms. The van der Waals surface area contributed by atoms with E-state index in [1.807, 2.05) is 32.2 Å². The number of halogens is 1. The number of barbiturate groups is 1. The van der Waals surface area contributed by atoms with E-state index in [1.165, 1.54) is 6.08 Å². The third kappa shape index (κ3) is 3.69. The summed E-state index contributed by atoms with van der Waals surface area (Å²) in [5, 5.41) is 2.70. The number of anilines is 2. The van der Waals surface area contributed by atoms with Crippen LogP contribution in [0, 0.1) is 6.92 Å². The molecule has 32 heavy (non-hydrogen) atoms. The average molecular weight is 452 g/mol. The molecule has 1 atom stereocenters. The molecule has 7 heteroatoms. The molecule has 1 N–H and O–H groups in total. The van der Waals surface area contributed by atoms with Gasteiger partial charge in [0.15, 0.2) is 0 Å². The number of nitrogens with one attached hydrogen (secondary N) is 1. The first-order valence-electron chi connectivity index (χ1n) is 10.5. The Morgan fingerprint density at radius 2 is 1.88 bits per heavy atom. The molecule has 4 amide bonds. The lowest BCUT2D eigenvalue weighted by atomic mass is 9.80. The van der Waals surface area contributed by atoms with Crippen molar-refractivity contribution in [3.63, 3.8) is 0 Å². The van der Waals surface area contributed by atoms with Crippen molar-refractivity contribution in [2.75, 3.05) is 16.8 Å². The van der Waals surface area contributed by atoms with Crippen LogP contribution in [0.2, 0.25) is 5.02 Å². The SMILES string of the molecule is Cc1cccc(N2C(=O)NC(=O)/C(=C\c3cc4c(cc3Cl)N(C)C(C)(C)CC4C)C2=O)c1. The normalized spacial score (nSPS) is 21.6. The number of nitrogens with zero attached hydrogens (tertiary/aromatic N) is 2. The van der Waals surface area contributed by atoms with Gasteiger partial charge in [0.2, 0.25) is 0 Å². The molecule has 2 aliphatic rings. The molecule has 1 saturated heterocycles. The summed E-state index contributed by atoms with van der Waals surface area (Å²) in [5.74, 6) is -1.12. The summed E-state index contributed by atoms with van der Waals surface area (Å²) in [4.78, 5) is 41.4. The van der Waals surface area contributed by atoms with E-state index in [9.17, 15) is 14.4 Å². The number of fused-ring (bicyclic) bond motifs is 1. The summed E-state index contributed by atoms with van der Waals surface area (Å²) in [7, 11) is 2.04. The van der Waals surface area contributed by atoms with Gasteiger partial charge in [-0.05, 0) is 80.1 Å². The lowest BCUT2D eigenvalue weighted by Crippen LogP contribution is -2.54. The van der Waals surface area contributed by atoms with Crippen LogP contribution in [0.25, 0.3) is 6.08 Å². The Morgan fingerprint density at radius 1 is 1.16 bits per heavy atom. The number of hydrogen-bond acceptors (Lipinski definition) is 4. The molecular weight excluding hydrogens is 426 g/mol. The molecule has 0 saturated carbocycles. The maximum Gasteiger partial charge on any atom is 0.335 e. The Labute approximate surface area is 192 Å². The minimum Gasteiger partial charge on any atom is -0.369 e. The Hall–Kier alpha value is -3.12. The van der Waals surface area contributed by atoms with Gasteiger partial charge in [-0.25, -0.2) is 9.69 Å². The molecule has 2 heterocycles. The van der Waals surface area contributed by atoms with Crippen LogP contribution in [0.3, 0.4) is 0 Å². The van der Waals surface area contributed by atoms with E-state index in [0.717, 1.165) is 28.1 Å². The average Bonchev–Trinajstić information content (AvgIpc) is 2.69. The third-order valence-electron chi connectivity index (χ3n) is 6.41. The zero-order valence-electron chi connectivity index (χ0n) is 18.8. The number of carbonyl (C=O) groups is 3. The van der Waals surface area contributed by atoms with Crippen molar-refractivity contribution < 1.29 is 14.4 Å². The van der Waals surface area contributed by atoms with Gasteiger partial charge in [-0.3, -0.25) is 14.9 Å². The first kappa shape index (κ1) is 22.1. The number of urea groups is 1. The maximum atomic E-state index is 13.2. The highest BCUT2D eigenvalue weighted by atomic mass is 35.5. The number of rotatable bonds is 2. The second kappa shape index (κ2) is 7.78. The van der Waals surface area contributed by atoms with Gasteiger partial charge in [0.1, 0.15) is 5.57 Å². The maximum absolute atomic E-state index is 13.2. The summed E-state index contributed by atoms with van der Waals surface area (Å²) in [6, 6.07) is 10.1. The zero-order chi connectivity index (χ0) is 23.4. The monoisotopic (exact) mass is 451 g/mol. The largest absolute Gasteiger partial charge is 0.369 e. The quantitative estimate of drug-likeness (QED) is 0.513. The van der Waals surface area contributed by atoms with Gasteiger partial charge >= 0.3 is 6.03 Å². The zero-order valence-corrected chi connectivity index (χ0v) is 19.6. The molecule has 0 aromatic heterocycles. The lowest BCUT2D eigenvalue weighted by molar-refractivity contribution is -0.122. The number of hydrogen-bond donors (Lipinski definition) is 1. The Balaban J connectivity index is 1.78. The first-order chi connectivity index (χ1) is 15.0. The highest BCUT2D eigenvalue weighted by Gasteiger charge is 2.38. The Bertz CT molecular complexity index is 1180. The van der Waals surface area contributed by atoms with Crippen LogP contribution < -0.4 is 15.1 Å². The number of imide groups is 2. The van der Waals surface area contributed by atoms with Gasteiger partial charge in [0.05, 0.1) is 5.69 Å². The molecule has 0 bridgehead atoms. The molecule has 6 nitrogen and oxygen atoms in total. The van der Waals surface area contributed by atoms with E-state index >= 15 is 0 Å². The fraction of sp³-hybridized carbons (Fsp3) is 0.320.